The molecule has 0 aromatic carbocycles. The molecular weight excluding hydrogens is 214 g/mol. The predicted octanol–water partition coefficient (Wildman–Crippen LogP) is 0.729. The third kappa shape index (κ3) is 3.42. The van der Waals surface area contributed by atoms with Crippen LogP contribution in [0.15, 0.2) is 0 Å². The Morgan fingerprint density at radius 1 is 1.29 bits per heavy atom. The molecule has 4 heteroatoms. The zero-order valence-corrected chi connectivity index (χ0v) is 10.9. The number of rotatable bonds is 5. The van der Waals surface area contributed by atoms with Gasteiger partial charge in [0.05, 0.1) is 0 Å². The van der Waals surface area contributed by atoms with E-state index >= 15 is 0 Å². The quantitative estimate of drug-likeness (QED) is 0.695. The number of hydrogen-bond donors (Lipinski definition) is 2. The van der Waals surface area contributed by atoms with Gasteiger partial charge < -0.3 is 10.6 Å². The Kier molecular flexibility index (Phi) is 4.80. The topological polar surface area (TPSA) is 44.4 Å². The van der Waals surface area contributed by atoms with E-state index in [4.69, 9.17) is 0 Å². The van der Waals surface area contributed by atoms with Gasteiger partial charge in [-0.3, -0.25) is 9.69 Å². The Bertz CT molecular complexity index is 257. The van der Waals surface area contributed by atoms with Crippen LogP contribution in [-0.4, -0.2) is 49.6 Å². The van der Waals surface area contributed by atoms with Crippen LogP contribution < -0.4 is 10.6 Å². The van der Waals surface area contributed by atoms with Gasteiger partial charge in [-0.15, -0.1) is 0 Å². The van der Waals surface area contributed by atoms with Gasteiger partial charge in [-0.25, -0.2) is 0 Å². The summed E-state index contributed by atoms with van der Waals surface area (Å²) < 4.78 is 0. The van der Waals surface area contributed by atoms with Crippen LogP contribution in [0.4, 0.5) is 0 Å². The van der Waals surface area contributed by atoms with Crippen molar-refractivity contribution in [2.45, 2.75) is 50.6 Å². The van der Waals surface area contributed by atoms with Crippen LogP contribution in [0.1, 0.15) is 38.5 Å². The maximum atomic E-state index is 11.8. The van der Waals surface area contributed by atoms with Gasteiger partial charge in [0.15, 0.2) is 0 Å². The van der Waals surface area contributed by atoms with Gasteiger partial charge in [0.2, 0.25) is 5.91 Å². The molecule has 2 unspecified atom stereocenters. The predicted molar refractivity (Wildman–Crippen MR) is 68.9 cm³/mol. The summed E-state index contributed by atoms with van der Waals surface area (Å²) in [6.07, 6.45) is 6.66. The minimum Gasteiger partial charge on any atom is -0.352 e. The van der Waals surface area contributed by atoms with E-state index in [2.05, 4.69) is 15.5 Å². The molecule has 0 aliphatic carbocycles. The summed E-state index contributed by atoms with van der Waals surface area (Å²) in [7, 11) is 1.93. The molecule has 0 aromatic heterocycles. The molecule has 2 N–H and O–H groups in total. The first kappa shape index (κ1) is 12.8. The number of piperidine rings is 1. The molecule has 2 saturated heterocycles. The third-order valence-corrected chi connectivity index (χ3v) is 4.03. The normalized spacial score (nSPS) is 29.0. The van der Waals surface area contributed by atoms with E-state index in [0.29, 0.717) is 18.5 Å². The van der Waals surface area contributed by atoms with Gasteiger partial charge in [-0.2, -0.15) is 0 Å². The summed E-state index contributed by atoms with van der Waals surface area (Å²) in [6, 6.07) is 1.04. The SMILES string of the molecule is CNCCCC(=O)NC1CCN2CCCCC12. The highest BCUT2D eigenvalue weighted by Crippen LogP contribution is 2.27. The van der Waals surface area contributed by atoms with E-state index in [9.17, 15) is 4.79 Å². The van der Waals surface area contributed by atoms with Crippen LogP contribution in [-0.2, 0) is 4.79 Å². The molecule has 98 valence electrons. The molecule has 2 atom stereocenters. The summed E-state index contributed by atoms with van der Waals surface area (Å²) in [4.78, 5) is 14.3. The van der Waals surface area contributed by atoms with E-state index in [1.807, 2.05) is 7.05 Å². The van der Waals surface area contributed by atoms with E-state index in [1.165, 1.54) is 32.4 Å². The van der Waals surface area contributed by atoms with Crippen LogP contribution >= 0.6 is 0 Å². The van der Waals surface area contributed by atoms with Crippen LogP contribution in [0.2, 0.25) is 0 Å². The molecule has 0 spiro atoms. The first-order chi connectivity index (χ1) is 8.31. The minimum atomic E-state index is 0.234. The summed E-state index contributed by atoms with van der Waals surface area (Å²) in [5.74, 6) is 0.234. The van der Waals surface area contributed by atoms with Crippen LogP contribution in [0.5, 0.6) is 0 Å². The zero-order chi connectivity index (χ0) is 12.1. The summed E-state index contributed by atoms with van der Waals surface area (Å²) in [5.41, 5.74) is 0. The Balaban J connectivity index is 1.73. The fraction of sp³-hybridized carbons (Fsp3) is 0.923. The van der Waals surface area contributed by atoms with Crippen molar-refractivity contribution in [3.05, 3.63) is 0 Å². The average molecular weight is 239 g/mol. The molecule has 2 aliphatic rings. The number of nitrogens with one attached hydrogen (secondary N) is 2. The number of fused-ring (bicyclic) bond motifs is 1. The van der Waals surface area contributed by atoms with Crippen molar-refractivity contribution in [3.8, 4) is 0 Å². The molecule has 0 bridgehead atoms. The van der Waals surface area contributed by atoms with Crippen molar-refractivity contribution in [2.24, 2.45) is 0 Å². The standard InChI is InChI=1S/C13H25N3O/c1-14-8-4-6-13(17)15-11-7-10-16-9-3-2-5-12(11)16/h11-12,14H,2-10H2,1H3,(H,15,17). The van der Waals surface area contributed by atoms with Crippen molar-refractivity contribution in [3.63, 3.8) is 0 Å². The number of amides is 1. The summed E-state index contributed by atoms with van der Waals surface area (Å²) in [5, 5.41) is 6.30. The van der Waals surface area contributed by atoms with Gasteiger partial charge >= 0.3 is 0 Å². The van der Waals surface area contributed by atoms with Crippen LogP contribution in [0.25, 0.3) is 0 Å². The van der Waals surface area contributed by atoms with Gasteiger partial charge in [0, 0.05) is 25.0 Å². The highest BCUT2D eigenvalue weighted by molar-refractivity contribution is 5.76. The number of carbonyl (C=O) groups excluding carboxylic acids is 1. The maximum absolute atomic E-state index is 11.8. The monoisotopic (exact) mass is 239 g/mol. The molecule has 2 rings (SSSR count). The number of carbonyl (C=O) groups is 1. The lowest BCUT2D eigenvalue weighted by Gasteiger charge is -2.32. The third-order valence-electron chi connectivity index (χ3n) is 4.03. The Labute approximate surface area is 104 Å². The van der Waals surface area contributed by atoms with Crippen molar-refractivity contribution >= 4 is 5.91 Å². The highest BCUT2D eigenvalue weighted by atomic mass is 16.1. The fourth-order valence-corrected chi connectivity index (χ4v) is 3.12. The Morgan fingerprint density at radius 3 is 3.00 bits per heavy atom. The second-order valence-electron chi connectivity index (χ2n) is 5.27. The fourth-order valence-electron chi connectivity index (χ4n) is 3.12. The van der Waals surface area contributed by atoms with Crippen molar-refractivity contribution in [2.75, 3.05) is 26.7 Å². The van der Waals surface area contributed by atoms with Crippen molar-refractivity contribution < 1.29 is 4.79 Å². The minimum absolute atomic E-state index is 0.234. The molecule has 2 fully saturated rings. The maximum Gasteiger partial charge on any atom is 0.220 e. The lowest BCUT2D eigenvalue weighted by molar-refractivity contribution is -0.122. The summed E-state index contributed by atoms with van der Waals surface area (Å²) >= 11 is 0. The molecular formula is C13H25N3O. The second kappa shape index (κ2) is 6.36. The lowest BCUT2D eigenvalue weighted by Crippen LogP contribution is -2.46. The van der Waals surface area contributed by atoms with Crippen LogP contribution in [0, 0.1) is 0 Å². The smallest absolute Gasteiger partial charge is 0.220 e. The van der Waals surface area contributed by atoms with E-state index in [-0.39, 0.29) is 5.91 Å². The van der Waals surface area contributed by atoms with Gasteiger partial charge in [-0.05, 0) is 45.8 Å². The first-order valence-corrected chi connectivity index (χ1v) is 6.99. The summed E-state index contributed by atoms with van der Waals surface area (Å²) in [6.45, 7) is 3.33. The molecule has 2 aliphatic heterocycles. The zero-order valence-electron chi connectivity index (χ0n) is 10.9. The largest absolute Gasteiger partial charge is 0.352 e. The molecule has 0 radical (unpaired) electrons. The van der Waals surface area contributed by atoms with E-state index in [0.717, 1.165) is 19.4 Å². The molecule has 0 aromatic rings. The number of hydrogen-bond acceptors (Lipinski definition) is 3. The first-order valence-electron chi connectivity index (χ1n) is 6.99. The van der Waals surface area contributed by atoms with Crippen molar-refractivity contribution in [1.29, 1.82) is 0 Å². The van der Waals surface area contributed by atoms with Gasteiger partial charge in [0.25, 0.3) is 0 Å². The number of nitrogens with zero attached hydrogens (tertiary/aromatic N) is 1. The molecule has 2 heterocycles. The lowest BCUT2D eigenvalue weighted by atomic mass is 9.99. The second-order valence-corrected chi connectivity index (χ2v) is 5.27. The van der Waals surface area contributed by atoms with Gasteiger partial charge in [-0.1, -0.05) is 6.42 Å². The molecule has 1 amide bonds. The van der Waals surface area contributed by atoms with Crippen molar-refractivity contribution in [1.82, 2.24) is 15.5 Å². The molecule has 17 heavy (non-hydrogen) atoms. The average Bonchev–Trinajstić information content (AvgIpc) is 2.73. The van der Waals surface area contributed by atoms with E-state index in [1.54, 1.807) is 0 Å². The molecule has 0 saturated carbocycles. The Morgan fingerprint density at radius 2 is 2.18 bits per heavy atom. The van der Waals surface area contributed by atoms with E-state index < -0.39 is 0 Å². The molecule has 4 nitrogen and oxygen atoms in total. The van der Waals surface area contributed by atoms with Crippen LogP contribution in [0.3, 0.4) is 0 Å². The Hall–Kier alpha value is -0.610. The highest BCUT2D eigenvalue weighted by Gasteiger charge is 2.35. The van der Waals surface area contributed by atoms with Gasteiger partial charge in [0.1, 0.15) is 0 Å².